The third-order valence-electron chi connectivity index (χ3n) is 5.43. The summed E-state index contributed by atoms with van der Waals surface area (Å²) < 4.78 is 0. The average Bonchev–Trinajstić information content (AvgIpc) is 2.82. The number of aliphatic hydroxyl groups is 2. The van der Waals surface area contributed by atoms with Crippen LogP contribution in [0.4, 0.5) is 0 Å². The Kier molecular flexibility index (Phi) is 10.9. The van der Waals surface area contributed by atoms with Gasteiger partial charge in [0, 0.05) is 6.54 Å². The molecular formula is C24H34N6O6. The predicted molar refractivity (Wildman–Crippen MR) is 133 cm³/mol. The molecule has 36 heavy (non-hydrogen) atoms. The molecule has 0 aliphatic heterocycles. The highest BCUT2D eigenvalue weighted by molar-refractivity contribution is 5.90. The molecule has 196 valence electrons. The predicted octanol–water partition coefficient (Wildman–Crippen LogP) is -1.25. The Hall–Kier alpha value is -3.87. The molecule has 2 aromatic rings. The Labute approximate surface area is 208 Å². The molecule has 2 amide bonds. The average molecular weight is 503 g/mol. The molecule has 12 heteroatoms. The fourth-order valence-electron chi connectivity index (χ4n) is 3.46. The van der Waals surface area contributed by atoms with Gasteiger partial charge in [0.2, 0.25) is 11.8 Å². The second kappa shape index (κ2) is 13.9. The Morgan fingerprint density at radius 3 is 1.89 bits per heavy atom. The van der Waals surface area contributed by atoms with Gasteiger partial charge in [0.15, 0.2) is 12.2 Å². The molecule has 12 N–H and O–H groups in total. The van der Waals surface area contributed by atoms with Crippen molar-refractivity contribution in [2.45, 2.75) is 50.1 Å². The van der Waals surface area contributed by atoms with E-state index in [9.17, 15) is 30.0 Å². The fourth-order valence-corrected chi connectivity index (χ4v) is 3.46. The fraction of sp³-hybridized carbons (Fsp3) is 0.375. The van der Waals surface area contributed by atoms with Gasteiger partial charge in [-0.1, -0.05) is 24.3 Å². The molecule has 0 radical (unpaired) electrons. The van der Waals surface area contributed by atoms with Gasteiger partial charge in [0.25, 0.3) is 0 Å². The smallest absolute Gasteiger partial charge is 0.242 e. The lowest BCUT2D eigenvalue weighted by atomic mass is 10.0. The standard InChI is InChI=1S/C24H34N6O6/c25-18(12-14-3-7-16(31)8-4-14)21(33)29-19(2-1-11-28-24(26)27)22(34)30-20(23(35)36)13-15-5-9-17(32)10-6-15/h3-10,18-20,23,31-32,35-36H,1-2,11-13,25H2,(H,29,33)(H,30,34)(H4,26,27,28). The third-order valence-corrected chi connectivity index (χ3v) is 5.43. The number of aliphatic hydroxyl groups excluding tert-OH is 1. The summed E-state index contributed by atoms with van der Waals surface area (Å²) in [6.07, 6.45) is -1.11. The largest absolute Gasteiger partial charge is 0.508 e. The van der Waals surface area contributed by atoms with Crippen LogP contribution in [0.25, 0.3) is 0 Å². The summed E-state index contributed by atoms with van der Waals surface area (Å²) in [6.45, 7) is 0.286. The summed E-state index contributed by atoms with van der Waals surface area (Å²) in [5.74, 6) is -1.31. The molecule has 2 aromatic carbocycles. The number of guanidine groups is 1. The van der Waals surface area contributed by atoms with Gasteiger partial charge in [-0.15, -0.1) is 0 Å². The number of aromatic hydroxyl groups is 2. The van der Waals surface area contributed by atoms with Gasteiger partial charge >= 0.3 is 0 Å². The first-order valence-electron chi connectivity index (χ1n) is 11.4. The van der Waals surface area contributed by atoms with Crippen molar-refractivity contribution in [3.05, 3.63) is 59.7 Å². The van der Waals surface area contributed by atoms with Gasteiger partial charge in [-0.2, -0.15) is 0 Å². The van der Waals surface area contributed by atoms with Crippen molar-refractivity contribution >= 4 is 17.8 Å². The highest BCUT2D eigenvalue weighted by Crippen LogP contribution is 2.13. The van der Waals surface area contributed by atoms with Crippen molar-refractivity contribution < 1.29 is 30.0 Å². The number of nitrogens with two attached hydrogens (primary N) is 2. The first kappa shape index (κ1) is 28.4. The minimum absolute atomic E-state index is 0.0504. The highest BCUT2D eigenvalue weighted by atomic mass is 16.5. The van der Waals surface area contributed by atoms with E-state index in [4.69, 9.17) is 16.9 Å². The molecule has 2 rings (SSSR count). The van der Waals surface area contributed by atoms with Crippen LogP contribution < -0.4 is 27.4 Å². The van der Waals surface area contributed by atoms with Crippen molar-refractivity contribution in [1.29, 1.82) is 5.41 Å². The summed E-state index contributed by atoms with van der Waals surface area (Å²) >= 11 is 0. The van der Waals surface area contributed by atoms with Crippen LogP contribution in [0.3, 0.4) is 0 Å². The first-order valence-corrected chi connectivity index (χ1v) is 11.4. The summed E-state index contributed by atoms with van der Waals surface area (Å²) in [5, 5.41) is 53.5. The number of phenols is 2. The lowest BCUT2D eigenvalue weighted by molar-refractivity contribution is -0.133. The number of benzene rings is 2. The van der Waals surface area contributed by atoms with Gasteiger partial charge in [-0.05, 0) is 61.1 Å². The van der Waals surface area contributed by atoms with Crippen molar-refractivity contribution in [2.75, 3.05) is 6.54 Å². The van der Waals surface area contributed by atoms with Crippen LogP contribution >= 0.6 is 0 Å². The lowest BCUT2D eigenvalue weighted by Gasteiger charge is -2.25. The van der Waals surface area contributed by atoms with E-state index in [-0.39, 0.29) is 43.3 Å². The maximum Gasteiger partial charge on any atom is 0.242 e. The van der Waals surface area contributed by atoms with Gasteiger partial charge in [0.05, 0.1) is 12.1 Å². The van der Waals surface area contributed by atoms with Crippen LogP contribution in [0.2, 0.25) is 0 Å². The van der Waals surface area contributed by atoms with Crippen LogP contribution in [0.5, 0.6) is 11.5 Å². The number of phenolic OH excluding ortho intramolecular Hbond substituents is 2. The van der Waals surface area contributed by atoms with E-state index in [1.807, 2.05) is 0 Å². The van der Waals surface area contributed by atoms with Crippen LogP contribution in [0.1, 0.15) is 24.0 Å². The molecule has 0 bridgehead atoms. The molecular weight excluding hydrogens is 468 g/mol. The number of hydrogen-bond acceptors (Lipinski definition) is 8. The Balaban J connectivity index is 2.06. The van der Waals surface area contributed by atoms with E-state index in [2.05, 4.69) is 16.0 Å². The minimum Gasteiger partial charge on any atom is -0.508 e. The molecule has 0 saturated heterocycles. The van der Waals surface area contributed by atoms with E-state index >= 15 is 0 Å². The monoisotopic (exact) mass is 502 g/mol. The van der Waals surface area contributed by atoms with E-state index in [0.29, 0.717) is 12.0 Å². The summed E-state index contributed by atoms with van der Waals surface area (Å²) in [4.78, 5) is 25.8. The number of hydrogen-bond donors (Lipinski definition) is 10. The number of carbonyl (C=O) groups excluding carboxylic acids is 2. The second-order valence-electron chi connectivity index (χ2n) is 8.42. The van der Waals surface area contributed by atoms with Gasteiger partial charge in [0.1, 0.15) is 17.5 Å². The zero-order valence-electron chi connectivity index (χ0n) is 19.7. The second-order valence-corrected chi connectivity index (χ2v) is 8.42. The van der Waals surface area contributed by atoms with Crippen molar-refractivity contribution in [2.24, 2.45) is 11.5 Å². The van der Waals surface area contributed by atoms with E-state index in [0.717, 1.165) is 5.56 Å². The quantitative estimate of drug-likeness (QED) is 0.0682. The molecule has 0 aliphatic rings. The SMILES string of the molecule is N=C(N)NCCCC(NC(=O)C(N)Cc1ccc(O)cc1)C(=O)NC(Cc1ccc(O)cc1)C(O)O. The van der Waals surface area contributed by atoms with Crippen molar-refractivity contribution in [3.8, 4) is 11.5 Å². The topological polar surface area (TPSA) is 227 Å². The number of rotatable bonds is 13. The van der Waals surface area contributed by atoms with Gasteiger partial charge < -0.3 is 47.8 Å². The van der Waals surface area contributed by atoms with Gasteiger partial charge in [-0.3, -0.25) is 15.0 Å². The molecule has 0 aromatic heterocycles. The number of carbonyl (C=O) groups is 2. The highest BCUT2D eigenvalue weighted by Gasteiger charge is 2.27. The summed E-state index contributed by atoms with van der Waals surface area (Å²) in [6, 6.07) is 9.19. The van der Waals surface area contributed by atoms with E-state index < -0.39 is 36.2 Å². The molecule has 0 fully saturated rings. The Morgan fingerprint density at radius 2 is 1.39 bits per heavy atom. The van der Waals surface area contributed by atoms with Crippen LogP contribution in [-0.4, -0.2) is 69.2 Å². The molecule has 3 atom stereocenters. The van der Waals surface area contributed by atoms with E-state index in [1.165, 1.54) is 24.3 Å². The summed E-state index contributed by atoms with van der Waals surface area (Å²) in [5.41, 5.74) is 12.7. The van der Waals surface area contributed by atoms with Crippen molar-refractivity contribution in [3.63, 3.8) is 0 Å². The number of nitrogens with one attached hydrogen (secondary N) is 4. The Bertz CT molecular complexity index is 999. The molecule has 0 aliphatic carbocycles. The third kappa shape index (κ3) is 9.78. The van der Waals surface area contributed by atoms with Crippen LogP contribution in [-0.2, 0) is 22.4 Å². The lowest BCUT2D eigenvalue weighted by Crippen LogP contribution is -2.55. The Morgan fingerprint density at radius 1 is 0.861 bits per heavy atom. The number of amides is 2. The molecule has 3 unspecified atom stereocenters. The molecule has 0 heterocycles. The zero-order valence-corrected chi connectivity index (χ0v) is 19.7. The maximum atomic E-state index is 13.0. The normalized spacial score (nSPS) is 13.4. The molecule has 0 saturated carbocycles. The first-order chi connectivity index (χ1) is 17.0. The maximum absolute atomic E-state index is 13.0. The summed E-state index contributed by atoms with van der Waals surface area (Å²) in [7, 11) is 0. The van der Waals surface area contributed by atoms with E-state index in [1.54, 1.807) is 24.3 Å². The molecule has 12 nitrogen and oxygen atoms in total. The minimum atomic E-state index is -1.88. The van der Waals surface area contributed by atoms with Crippen LogP contribution in [0.15, 0.2) is 48.5 Å². The van der Waals surface area contributed by atoms with Crippen molar-refractivity contribution in [1.82, 2.24) is 16.0 Å². The zero-order chi connectivity index (χ0) is 26.7. The van der Waals surface area contributed by atoms with Gasteiger partial charge in [-0.25, -0.2) is 0 Å². The molecule has 0 spiro atoms. The van der Waals surface area contributed by atoms with Crippen LogP contribution in [0, 0.1) is 5.41 Å².